The molecular weight excluding hydrogens is 416 g/mol. The second-order valence-electron chi connectivity index (χ2n) is 8.91. The number of hydrogen-bond acceptors (Lipinski definition) is 5. The Labute approximate surface area is 186 Å². The van der Waals surface area contributed by atoms with E-state index in [1.165, 1.54) is 0 Å². The third-order valence-corrected chi connectivity index (χ3v) is 10.8. The lowest BCUT2D eigenvalue weighted by atomic mass is 10.1. The van der Waals surface area contributed by atoms with Crippen LogP contribution in [0, 0.1) is 5.92 Å². The molecule has 0 fully saturated rings. The minimum atomic E-state index is -1.92. The van der Waals surface area contributed by atoms with E-state index < -0.39 is 8.32 Å². The van der Waals surface area contributed by atoms with Gasteiger partial charge in [-0.15, -0.1) is 0 Å². The van der Waals surface area contributed by atoms with Crippen LogP contribution in [0.2, 0.25) is 18.1 Å². The number of aryl methyl sites for hydroxylation is 1. The Hall–Kier alpha value is -1.64. The van der Waals surface area contributed by atoms with Crippen LogP contribution in [0.25, 0.3) is 0 Å². The molecule has 0 aliphatic heterocycles. The number of benzene rings is 1. The third kappa shape index (κ3) is 8.61. The predicted octanol–water partition coefficient (Wildman–Crippen LogP) is 4.22. The van der Waals surface area contributed by atoms with Crippen molar-refractivity contribution >= 4 is 42.7 Å². The molecule has 0 aliphatic carbocycles. The van der Waals surface area contributed by atoms with E-state index in [0.717, 1.165) is 29.4 Å². The molecule has 0 heterocycles. The number of para-hydroxylation sites is 1. The smallest absolute Gasteiger partial charge is 0.234 e. The summed E-state index contributed by atoms with van der Waals surface area (Å²) < 4.78 is 6.07. The molecule has 0 aromatic heterocycles. The largest absolute Gasteiger partial charge is 0.416 e. The first-order chi connectivity index (χ1) is 13.9. The Balaban J connectivity index is 2.36. The number of rotatable bonds is 10. The lowest BCUT2D eigenvalue weighted by Gasteiger charge is -2.36. The fourth-order valence-electron chi connectivity index (χ4n) is 2.29. The van der Waals surface area contributed by atoms with Crippen molar-refractivity contribution in [2.45, 2.75) is 59.2 Å². The minimum Gasteiger partial charge on any atom is -0.416 e. The molecule has 1 atom stereocenters. The van der Waals surface area contributed by atoms with Gasteiger partial charge < -0.3 is 15.1 Å². The molecule has 2 N–H and O–H groups in total. The molecule has 0 saturated heterocycles. The van der Waals surface area contributed by atoms with Gasteiger partial charge in [-0.3, -0.25) is 14.4 Å². The van der Waals surface area contributed by atoms with E-state index in [9.17, 15) is 14.4 Å². The molecule has 0 unspecified atom stereocenters. The highest BCUT2D eigenvalue weighted by Gasteiger charge is 2.37. The van der Waals surface area contributed by atoms with Crippen LogP contribution in [0.5, 0.6) is 0 Å². The highest BCUT2D eigenvalue weighted by Crippen LogP contribution is 2.36. The first-order valence-corrected chi connectivity index (χ1v) is 14.2. The maximum absolute atomic E-state index is 12.2. The zero-order chi connectivity index (χ0) is 22.9. The summed E-state index contributed by atoms with van der Waals surface area (Å²) in [7, 11) is -1.92. The lowest BCUT2D eigenvalue weighted by Crippen LogP contribution is -2.43. The van der Waals surface area contributed by atoms with E-state index in [2.05, 4.69) is 44.5 Å². The number of carbonyl (C=O) groups is 3. The van der Waals surface area contributed by atoms with E-state index in [0.29, 0.717) is 6.61 Å². The van der Waals surface area contributed by atoms with Crippen LogP contribution >= 0.6 is 11.8 Å². The van der Waals surface area contributed by atoms with Crippen molar-refractivity contribution in [1.29, 1.82) is 0 Å². The van der Waals surface area contributed by atoms with Crippen LogP contribution in [-0.4, -0.2) is 44.2 Å². The number of hydrogen-bond donors (Lipinski definition) is 2. The third-order valence-electron chi connectivity index (χ3n) is 5.39. The second kappa shape index (κ2) is 11.7. The highest BCUT2D eigenvalue weighted by molar-refractivity contribution is 8.14. The average Bonchev–Trinajstić information content (AvgIpc) is 2.68. The van der Waals surface area contributed by atoms with Crippen molar-refractivity contribution in [3.8, 4) is 0 Å². The minimum absolute atomic E-state index is 0.0107. The molecule has 1 rings (SSSR count). The van der Waals surface area contributed by atoms with Gasteiger partial charge in [0.1, 0.15) is 0 Å². The summed E-state index contributed by atoms with van der Waals surface area (Å²) in [5.41, 5.74) is 1.81. The standard InChI is InChI=1S/C22H36N2O4SSi/c1-8-17-11-9-10-12-18(17)24-19(25)15-29-20(26)13-23-21(27)16(2)14-28-30(6,7)22(3,4)5/h9-12,16H,8,13-15H2,1-7H3,(H,23,27)(H,24,25)/t16-/m0/s1. The van der Waals surface area contributed by atoms with Crippen LogP contribution in [0.3, 0.4) is 0 Å². The molecular formula is C22H36N2O4SSi. The molecule has 168 valence electrons. The summed E-state index contributed by atoms with van der Waals surface area (Å²) in [5.74, 6) is -0.789. The summed E-state index contributed by atoms with van der Waals surface area (Å²) in [5, 5.41) is 5.30. The van der Waals surface area contributed by atoms with Crippen molar-refractivity contribution in [2.24, 2.45) is 5.92 Å². The molecule has 0 bridgehead atoms. The molecule has 30 heavy (non-hydrogen) atoms. The molecule has 1 aromatic rings. The topological polar surface area (TPSA) is 84.5 Å². The summed E-state index contributed by atoms with van der Waals surface area (Å²) in [6.07, 6.45) is 0.811. The molecule has 0 aliphatic rings. The highest BCUT2D eigenvalue weighted by atomic mass is 32.2. The maximum atomic E-state index is 12.2. The Morgan fingerprint density at radius 1 is 1.17 bits per heavy atom. The van der Waals surface area contributed by atoms with Crippen LogP contribution < -0.4 is 10.6 Å². The zero-order valence-electron chi connectivity index (χ0n) is 19.3. The van der Waals surface area contributed by atoms with Gasteiger partial charge in [-0.2, -0.15) is 0 Å². The van der Waals surface area contributed by atoms with Gasteiger partial charge in [0.25, 0.3) is 0 Å². The van der Waals surface area contributed by atoms with Crippen LogP contribution in [-0.2, 0) is 25.2 Å². The van der Waals surface area contributed by atoms with Gasteiger partial charge in [0.2, 0.25) is 16.9 Å². The first kappa shape index (κ1) is 26.4. The van der Waals surface area contributed by atoms with E-state index in [-0.39, 0.29) is 40.2 Å². The maximum Gasteiger partial charge on any atom is 0.234 e. The number of thioether (sulfide) groups is 1. The van der Waals surface area contributed by atoms with E-state index in [1.807, 2.05) is 31.2 Å². The number of anilines is 1. The number of carbonyl (C=O) groups excluding carboxylic acids is 3. The Morgan fingerprint density at radius 2 is 1.80 bits per heavy atom. The van der Waals surface area contributed by atoms with Crippen LogP contribution in [0.4, 0.5) is 5.69 Å². The normalized spacial score (nSPS) is 12.9. The first-order valence-electron chi connectivity index (χ1n) is 10.3. The van der Waals surface area contributed by atoms with Crippen LogP contribution in [0.1, 0.15) is 40.2 Å². The van der Waals surface area contributed by atoms with Crippen molar-refractivity contribution in [3.63, 3.8) is 0 Å². The van der Waals surface area contributed by atoms with Crippen molar-refractivity contribution in [3.05, 3.63) is 29.8 Å². The van der Waals surface area contributed by atoms with E-state index in [4.69, 9.17) is 4.43 Å². The predicted molar refractivity (Wildman–Crippen MR) is 127 cm³/mol. The Bertz CT molecular complexity index is 747. The second-order valence-corrected chi connectivity index (χ2v) is 14.8. The zero-order valence-corrected chi connectivity index (χ0v) is 21.1. The molecule has 0 saturated carbocycles. The van der Waals surface area contributed by atoms with Gasteiger partial charge in [0.15, 0.2) is 8.32 Å². The van der Waals surface area contributed by atoms with Gasteiger partial charge >= 0.3 is 0 Å². The number of nitrogens with one attached hydrogen (secondary N) is 2. The molecule has 2 amide bonds. The van der Waals surface area contributed by atoms with Crippen molar-refractivity contribution in [1.82, 2.24) is 5.32 Å². The molecule has 0 spiro atoms. The van der Waals surface area contributed by atoms with Crippen LogP contribution in [0.15, 0.2) is 24.3 Å². The summed E-state index contributed by atoms with van der Waals surface area (Å²) in [4.78, 5) is 36.4. The monoisotopic (exact) mass is 452 g/mol. The van der Waals surface area contributed by atoms with E-state index in [1.54, 1.807) is 6.92 Å². The fraction of sp³-hybridized carbons (Fsp3) is 0.591. The van der Waals surface area contributed by atoms with Crippen molar-refractivity contribution < 1.29 is 18.8 Å². The number of amides is 2. The van der Waals surface area contributed by atoms with E-state index >= 15 is 0 Å². The molecule has 1 aromatic carbocycles. The quantitative estimate of drug-likeness (QED) is 0.519. The van der Waals surface area contributed by atoms with Gasteiger partial charge in [-0.25, -0.2) is 0 Å². The van der Waals surface area contributed by atoms with Crippen molar-refractivity contribution in [2.75, 3.05) is 24.2 Å². The summed E-state index contributed by atoms with van der Waals surface area (Å²) in [6.45, 7) is 14.8. The summed E-state index contributed by atoms with van der Waals surface area (Å²) in [6, 6.07) is 7.59. The average molecular weight is 453 g/mol. The Morgan fingerprint density at radius 3 is 2.40 bits per heavy atom. The molecule has 0 radical (unpaired) electrons. The summed E-state index contributed by atoms with van der Waals surface area (Å²) >= 11 is 0.902. The van der Waals surface area contributed by atoms with Gasteiger partial charge in [0, 0.05) is 12.3 Å². The fourth-order valence-corrected chi connectivity index (χ4v) is 3.93. The van der Waals surface area contributed by atoms with Gasteiger partial charge in [0.05, 0.1) is 18.2 Å². The Kier molecular flexibility index (Phi) is 10.3. The molecule has 8 heteroatoms. The SMILES string of the molecule is CCc1ccccc1NC(=O)CSC(=O)CNC(=O)[C@@H](C)CO[Si](C)(C)C(C)(C)C. The van der Waals surface area contributed by atoms with Gasteiger partial charge in [-0.1, -0.05) is 64.6 Å². The molecule has 6 nitrogen and oxygen atoms in total. The van der Waals surface area contributed by atoms with Gasteiger partial charge in [-0.05, 0) is 36.2 Å². The lowest BCUT2D eigenvalue weighted by molar-refractivity contribution is -0.126.